The van der Waals surface area contributed by atoms with Gasteiger partial charge in [0.1, 0.15) is 0 Å². The van der Waals surface area contributed by atoms with E-state index in [1.165, 1.54) is 0 Å². The second kappa shape index (κ2) is 8.31. The molecule has 0 aromatic heterocycles. The fraction of sp³-hybridized carbons (Fsp3) is 0.700. The van der Waals surface area contributed by atoms with Gasteiger partial charge in [-0.2, -0.15) is 0 Å². The molecule has 0 rings (SSSR count). The number of hydrogen-bond donors (Lipinski definition) is 1. The quantitative estimate of drug-likeness (QED) is 0.607. The number of rotatable bonds is 6. The van der Waals surface area contributed by atoms with Crippen molar-refractivity contribution in [3.8, 4) is 0 Å². The van der Waals surface area contributed by atoms with Crippen LogP contribution in [0.2, 0.25) is 0 Å². The third-order valence-corrected chi connectivity index (χ3v) is 1.51. The molecule has 0 aromatic rings. The molecule has 0 fully saturated rings. The number of carbonyl (C=O) groups excluding carboxylic acids is 1. The summed E-state index contributed by atoms with van der Waals surface area (Å²) in [6, 6.07) is 0. The van der Waals surface area contributed by atoms with Gasteiger partial charge in [0, 0.05) is 13.0 Å². The summed E-state index contributed by atoms with van der Waals surface area (Å²) in [6.07, 6.45) is 7.70. The molecule has 1 N–H and O–H groups in total. The predicted molar refractivity (Wildman–Crippen MR) is 52.0 cm³/mol. The second-order valence-corrected chi connectivity index (χ2v) is 2.77. The number of amides is 1. The highest BCUT2D eigenvalue weighted by Gasteiger charge is 1.95. The summed E-state index contributed by atoms with van der Waals surface area (Å²) in [7, 11) is 0. The van der Waals surface area contributed by atoms with Crippen LogP contribution < -0.4 is 5.32 Å². The minimum Gasteiger partial charge on any atom is -0.356 e. The fourth-order valence-electron chi connectivity index (χ4n) is 0.852. The summed E-state index contributed by atoms with van der Waals surface area (Å²) in [5.74, 6) is 0.164. The standard InChI is InChI=1S/C10H19NO/c1-3-5-6-7-8-10(12)11-9-4-2/h5-6H,3-4,7-9H2,1-2H3,(H,11,12)/b6-5-. The maximum atomic E-state index is 11.0. The third kappa shape index (κ3) is 7.32. The first-order valence-corrected chi connectivity index (χ1v) is 4.73. The lowest BCUT2D eigenvalue weighted by molar-refractivity contribution is -0.120. The minimum atomic E-state index is 0.164. The van der Waals surface area contributed by atoms with Crippen molar-refractivity contribution in [3.63, 3.8) is 0 Å². The topological polar surface area (TPSA) is 29.1 Å². The number of hydrogen-bond acceptors (Lipinski definition) is 1. The van der Waals surface area contributed by atoms with E-state index in [2.05, 4.69) is 31.3 Å². The molecule has 0 aliphatic carbocycles. The number of allylic oxidation sites excluding steroid dienone is 2. The molecule has 0 saturated heterocycles. The largest absolute Gasteiger partial charge is 0.356 e. The highest BCUT2D eigenvalue weighted by molar-refractivity contribution is 5.75. The van der Waals surface area contributed by atoms with Gasteiger partial charge in [-0.1, -0.05) is 26.0 Å². The van der Waals surface area contributed by atoms with Gasteiger partial charge in [-0.3, -0.25) is 4.79 Å². The van der Waals surface area contributed by atoms with Gasteiger partial charge in [0.2, 0.25) is 5.91 Å². The van der Waals surface area contributed by atoms with Crippen LogP contribution in [0.25, 0.3) is 0 Å². The number of nitrogens with one attached hydrogen (secondary N) is 1. The Hall–Kier alpha value is -0.790. The molecule has 0 atom stereocenters. The van der Waals surface area contributed by atoms with Gasteiger partial charge in [-0.25, -0.2) is 0 Å². The average molecular weight is 169 g/mol. The van der Waals surface area contributed by atoms with Gasteiger partial charge in [0.05, 0.1) is 0 Å². The highest BCUT2D eigenvalue weighted by atomic mass is 16.1. The molecule has 0 unspecified atom stereocenters. The maximum Gasteiger partial charge on any atom is 0.220 e. The van der Waals surface area contributed by atoms with E-state index in [4.69, 9.17) is 0 Å². The van der Waals surface area contributed by atoms with Crippen molar-refractivity contribution in [2.45, 2.75) is 39.5 Å². The lowest BCUT2D eigenvalue weighted by atomic mass is 10.2. The van der Waals surface area contributed by atoms with Crippen LogP contribution in [0.4, 0.5) is 0 Å². The Morgan fingerprint density at radius 2 is 2.08 bits per heavy atom. The van der Waals surface area contributed by atoms with E-state index in [9.17, 15) is 4.79 Å². The zero-order valence-corrected chi connectivity index (χ0v) is 8.10. The van der Waals surface area contributed by atoms with Crippen molar-refractivity contribution >= 4 is 5.91 Å². The molecule has 12 heavy (non-hydrogen) atoms. The first kappa shape index (κ1) is 11.2. The van der Waals surface area contributed by atoms with Crippen LogP contribution in [-0.2, 0) is 4.79 Å². The van der Waals surface area contributed by atoms with Gasteiger partial charge in [-0.05, 0) is 19.3 Å². The van der Waals surface area contributed by atoms with E-state index in [0.717, 1.165) is 25.8 Å². The van der Waals surface area contributed by atoms with Crippen LogP contribution in [0, 0.1) is 0 Å². The van der Waals surface area contributed by atoms with E-state index in [-0.39, 0.29) is 5.91 Å². The molecule has 0 spiro atoms. The molecule has 0 aromatic carbocycles. The summed E-state index contributed by atoms with van der Waals surface area (Å²) >= 11 is 0. The fourth-order valence-corrected chi connectivity index (χ4v) is 0.852. The van der Waals surface area contributed by atoms with Crippen LogP contribution >= 0.6 is 0 Å². The zero-order valence-electron chi connectivity index (χ0n) is 8.10. The molecule has 0 heterocycles. The van der Waals surface area contributed by atoms with Crippen molar-refractivity contribution in [1.82, 2.24) is 5.32 Å². The molecule has 70 valence electrons. The summed E-state index contributed by atoms with van der Waals surface area (Å²) in [5.41, 5.74) is 0. The molecule has 2 heteroatoms. The van der Waals surface area contributed by atoms with E-state index in [1.54, 1.807) is 0 Å². The van der Waals surface area contributed by atoms with E-state index in [1.807, 2.05) is 0 Å². The summed E-state index contributed by atoms with van der Waals surface area (Å²) < 4.78 is 0. The van der Waals surface area contributed by atoms with Gasteiger partial charge in [0.15, 0.2) is 0 Å². The summed E-state index contributed by atoms with van der Waals surface area (Å²) in [5, 5.41) is 2.84. The minimum absolute atomic E-state index is 0.164. The van der Waals surface area contributed by atoms with Crippen molar-refractivity contribution < 1.29 is 4.79 Å². The highest BCUT2D eigenvalue weighted by Crippen LogP contribution is 1.92. The first-order valence-electron chi connectivity index (χ1n) is 4.73. The molecule has 0 bridgehead atoms. The van der Waals surface area contributed by atoms with Crippen LogP contribution in [0.15, 0.2) is 12.2 Å². The van der Waals surface area contributed by atoms with Crippen molar-refractivity contribution in [3.05, 3.63) is 12.2 Å². The molecule has 0 radical (unpaired) electrons. The normalized spacial score (nSPS) is 10.5. The molecular formula is C10H19NO. The van der Waals surface area contributed by atoms with Gasteiger partial charge >= 0.3 is 0 Å². The van der Waals surface area contributed by atoms with Crippen molar-refractivity contribution in [2.75, 3.05) is 6.54 Å². The van der Waals surface area contributed by atoms with Gasteiger partial charge in [0.25, 0.3) is 0 Å². The Labute approximate surface area is 75.0 Å². The van der Waals surface area contributed by atoms with Crippen LogP contribution in [-0.4, -0.2) is 12.5 Å². The smallest absolute Gasteiger partial charge is 0.220 e. The van der Waals surface area contributed by atoms with Crippen molar-refractivity contribution in [2.24, 2.45) is 0 Å². The van der Waals surface area contributed by atoms with Crippen LogP contribution in [0.3, 0.4) is 0 Å². The molecule has 2 nitrogen and oxygen atoms in total. The lowest BCUT2D eigenvalue weighted by Gasteiger charge is -2.00. The predicted octanol–water partition coefficient (Wildman–Crippen LogP) is 2.26. The third-order valence-electron chi connectivity index (χ3n) is 1.51. The summed E-state index contributed by atoms with van der Waals surface area (Å²) in [4.78, 5) is 11.0. The Kier molecular flexibility index (Phi) is 7.76. The Morgan fingerprint density at radius 3 is 2.67 bits per heavy atom. The second-order valence-electron chi connectivity index (χ2n) is 2.77. The average Bonchev–Trinajstić information content (AvgIpc) is 2.09. The van der Waals surface area contributed by atoms with E-state index in [0.29, 0.717) is 6.42 Å². The lowest BCUT2D eigenvalue weighted by Crippen LogP contribution is -2.23. The SMILES string of the molecule is CC/C=C\CCC(=O)NCCC. The maximum absolute atomic E-state index is 11.0. The Bertz CT molecular complexity index is 141. The first-order chi connectivity index (χ1) is 5.81. The van der Waals surface area contributed by atoms with Gasteiger partial charge in [-0.15, -0.1) is 0 Å². The molecular weight excluding hydrogens is 150 g/mol. The molecule has 1 amide bonds. The van der Waals surface area contributed by atoms with Crippen LogP contribution in [0.5, 0.6) is 0 Å². The Morgan fingerprint density at radius 1 is 1.33 bits per heavy atom. The number of carbonyl (C=O) groups is 1. The van der Waals surface area contributed by atoms with Gasteiger partial charge < -0.3 is 5.32 Å². The van der Waals surface area contributed by atoms with Crippen molar-refractivity contribution in [1.29, 1.82) is 0 Å². The zero-order chi connectivity index (χ0) is 9.23. The monoisotopic (exact) mass is 169 g/mol. The van der Waals surface area contributed by atoms with Crippen LogP contribution in [0.1, 0.15) is 39.5 Å². The summed E-state index contributed by atoms with van der Waals surface area (Å²) in [6.45, 7) is 4.95. The van der Waals surface area contributed by atoms with E-state index < -0.39 is 0 Å². The van der Waals surface area contributed by atoms with E-state index >= 15 is 0 Å². The molecule has 0 saturated carbocycles. The Balaban J connectivity index is 3.25. The molecule has 0 aliphatic rings. The molecule has 0 aliphatic heterocycles.